The number of thiocarbonyl (C=S) groups is 1. The zero-order valence-electron chi connectivity index (χ0n) is 14.9. The van der Waals surface area contributed by atoms with Gasteiger partial charge in [-0.15, -0.1) is 0 Å². The van der Waals surface area contributed by atoms with E-state index in [0.717, 1.165) is 17.2 Å². The first-order valence-corrected chi connectivity index (χ1v) is 8.17. The van der Waals surface area contributed by atoms with Crippen LogP contribution in [0.3, 0.4) is 0 Å². The van der Waals surface area contributed by atoms with E-state index in [1.165, 1.54) is 23.9 Å². The summed E-state index contributed by atoms with van der Waals surface area (Å²) in [6.45, 7) is 3.84. The number of aryl methyl sites for hydroxylation is 2. The standard InChI is InChI=1S/C18H18N4O3S/c1-10-5-6-13(7-11(10)2)22-17(25)14(15(23)20-18(22)26)8-12(9-19)16(24)21(3)4/h5-8,14H,1-4H3,(H,20,23,26)/b12-8+/t14-/m1/s1. The van der Waals surface area contributed by atoms with Gasteiger partial charge in [-0.25, -0.2) is 0 Å². The van der Waals surface area contributed by atoms with Crippen LogP contribution in [-0.2, 0) is 14.4 Å². The first-order chi connectivity index (χ1) is 12.2. The fourth-order valence-electron chi connectivity index (χ4n) is 2.41. The average molecular weight is 370 g/mol. The van der Waals surface area contributed by atoms with Crippen molar-refractivity contribution in [2.45, 2.75) is 13.8 Å². The average Bonchev–Trinajstić information content (AvgIpc) is 2.57. The van der Waals surface area contributed by atoms with Crippen LogP contribution < -0.4 is 10.2 Å². The SMILES string of the molecule is Cc1ccc(N2C(=O)[C@H](/C=C(\C#N)C(=O)N(C)C)C(=O)NC2=S)cc1C. The minimum atomic E-state index is -1.32. The number of likely N-dealkylation sites (N-methyl/N-ethyl adjacent to an activating group) is 1. The monoisotopic (exact) mass is 370 g/mol. The molecular formula is C18H18N4O3S. The summed E-state index contributed by atoms with van der Waals surface area (Å²) in [5, 5.41) is 11.6. The van der Waals surface area contributed by atoms with E-state index in [-0.39, 0.29) is 10.7 Å². The van der Waals surface area contributed by atoms with Crippen LogP contribution in [0.2, 0.25) is 0 Å². The number of nitrogens with one attached hydrogen (secondary N) is 1. The first-order valence-electron chi connectivity index (χ1n) is 7.77. The van der Waals surface area contributed by atoms with Crippen molar-refractivity contribution in [2.75, 3.05) is 19.0 Å². The van der Waals surface area contributed by atoms with E-state index >= 15 is 0 Å². The van der Waals surface area contributed by atoms with Crippen molar-refractivity contribution < 1.29 is 14.4 Å². The van der Waals surface area contributed by atoms with Crippen molar-refractivity contribution in [3.63, 3.8) is 0 Å². The Morgan fingerprint density at radius 2 is 1.96 bits per heavy atom. The van der Waals surface area contributed by atoms with Crippen LogP contribution in [0.5, 0.6) is 0 Å². The molecule has 0 radical (unpaired) electrons. The lowest BCUT2D eigenvalue weighted by Gasteiger charge is -2.31. The summed E-state index contributed by atoms with van der Waals surface area (Å²) in [4.78, 5) is 39.5. The lowest BCUT2D eigenvalue weighted by Crippen LogP contribution is -2.57. The molecule has 1 heterocycles. The first kappa shape index (κ1) is 19.3. The molecule has 7 nitrogen and oxygen atoms in total. The van der Waals surface area contributed by atoms with Crippen LogP contribution in [0.15, 0.2) is 29.8 Å². The van der Waals surface area contributed by atoms with Crippen LogP contribution >= 0.6 is 12.2 Å². The molecule has 0 bridgehead atoms. The molecule has 1 N–H and O–H groups in total. The Balaban J connectivity index is 2.46. The maximum atomic E-state index is 12.9. The summed E-state index contributed by atoms with van der Waals surface area (Å²) in [7, 11) is 2.96. The highest BCUT2D eigenvalue weighted by atomic mass is 32.1. The molecule has 1 aliphatic rings. The van der Waals surface area contributed by atoms with Gasteiger partial charge in [-0.3, -0.25) is 19.3 Å². The van der Waals surface area contributed by atoms with Crippen LogP contribution in [0.25, 0.3) is 0 Å². The van der Waals surface area contributed by atoms with E-state index in [2.05, 4.69) is 5.32 Å². The zero-order valence-corrected chi connectivity index (χ0v) is 15.7. The third kappa shape index (κ3) is 3.63. The molecular weight excluding hydrogens is 352 g/mol. The molecule has 134 valence electrons. The molecule has 1 aliphatic heterocycles. The van der Waals surface area contributed by atoms with Crippen molar-refractivity contribution in [3.05, 3.63) is 41.0 Å². The topological polar surface area (TPSA) is 93.5 Å². The maximum Gasteiger partial charge on any atom is 0.263 e. The van der Waals surface area contributed by atoms with Gasteiger partial charge in [-0.2, -0.15) is 5.26 Å². The predicted octanol–water partition coefficient (Wildman–Crippen LogP) is 1.21. The van der Waals surface area contributed by atoms with Crippen LogP contribution in [0.1, 0.15) is 11.1 Å². The second-order valence-corrected chi connectivity index (χ2v) is 6.49. The molecule has 3 amide bonds. The number of rotatable bonds is 3. The number of anilines is 1. The molecule has 0 saturated carbocycles. The quantitative estimate of drug-likeness (QED) is 0.374. The van der Waals surface area contributed by atoms with Crippen LogP contribution in [0.4, 0.5) is 5.69 Å². The highest BCUT2D eigenvalue weighted by Gasteiger charge is 2.39. The van der Waals surface area contributed by atoms with Gasteiger partial charge in [0.1, 0.15) is 17.6 Å². The smallest absolute Gasteiger partial charge is 0.263 e. The summed E-state index contributed by atoms with van der Waals surface area (Å²) >= 11 is 5.14. The molecule has 1 aromatic carbocycles. The summed E-state index contributed by atoms with van der Waals surface area (Å²) < 4.78 is 0. The molecule has 2 rings (SSSR count). The van der Waals surface area contributed by atoms with E-state index in [4.69, 9.17) is 12.2 Å². The number of nitrogens with zero attached hydrogens (tertiary/aromatic N) is 3. The van der Waals surface area contributed by atoms with E-state index in [1.54, 1.807) is 18.2 Å². The Labute approximate surface area is 156 Å². The summed E-state index contributed by atoms with van der Waals surface area (Å²) in [6, 6.07) is 7.09. The number of carbonyl (C=O) groups is 3. The molecule has 1 aromatic rings. The van der Waals surface area contributed by atoms with Crippen molar-refractivity contribution >= 4 is 40.7 Å². The summed E-state index contributed by atoms with van der Waals surface area (Å²) in [5.41, 5.74) is 2.24. The molecule has 1 fully saturated rings. The fourth-order valence-corrected chi connectivity index (χ4v) is 2.71. The van der Waals surface area contributed by atoms with Crippen molar-refractivity contribution in [2.24, 2.45) is 5.92 Å². The van der Waals surface area contributed by atoms with E-state index in [9.17, 15) is 19.6 Å². The zero-order chi connectivity index (χ0) is 19.6. The van der Waals surface area contributed by atoms with E-state index < -0.39 is 23.6 Å². The van der Waals surface area contributed by atoms with Gasteiger partial charge in [-0.1, -0.05) is 6.07 Å². The molecule has 0 unspecified atom stereocenters. The number of hydrogen-bond donors (Lipinski definition) is 1. The van der Waals surface area contributed by atoms with Gasteiger partial charge in [0.05, 0.1) is 5.69 Å². The highest BCUT2D eigenvalue weighted by Crippen LogP contribution is 2.24. The van der Waals surface area contributed by atoms with Gasteiger partial charge >= 0.3 is 0 Å². The number of nitriles is 1. The Kier molecular flexibility index (Phi) is 5.53. The number of carbonyl (C=O) groups excluding carboxylic acids is 3. The summed E-state index contributed by atoms with van der Waals surface area (Å²) in [5.74, 6) is -3.18. The van der Waals surface area contributed by atoms with Crippen molar-refractivity contribution in [3.8, 4) is 6.07 Å². The van der Waals surface area contributed by atoms with Gasteiger partial charge in [0.25, 0.3) is 5.91 Å². The largest absolute Gasteiger partial charge is 0.344 e. The third-order valence-electron chi connectivity index (χ3n) is 4.04. The van der Waals surface area contributed by atoms with Gasteiger partial charge in [0, 0.05) is 14.1 Å². The van der Waals surface area contributed by atoms with E-state index in [1.807, 2.05) is 19.9 Å². The van der Waals surface area contributed by atoms with Crippen LogP contribution in [-0.4, -0.2) is 41.8 Å². The number of amides is 3. The minimum Gasteiger partial charge on any atom is -0.344 e. The Bertz CT molecular complexity index is 883. The highest BCUT2D eigenvalue weighted by molar-refractivity contribution is 7.80. The van der Waals surface area contributed by atoms with Crippen LogP contribution in [0, 0.1) is 31.1 Å². The fraction of sp³-hybridized carbons (Fsp3) is 0.278. The normalized spacial score (nSPS) is 17.7. The van der Waals surface area contributed by atoms with Crippen molar-refractivity contribution in [1.29, 1.82) is 5.26 Å². The lowest BCUT2D eigenvalue weighted by molar-refractivity contribution is -0.131. The second kappa shape index (κ2) is 7.45. The Morgan fingerprint density at radius 1 is 1.31 bits per heavy atom. The number of hydrogen-bond acceptors (Lipinski definition) is 5. The molecule has 0 aromatic heterocycles. The van der Waals surface area contributed by atoms with Gasteiger partial charge in [0.2, 0.25) is 11.8 Å². The Hall–Kier alpha value is -3.05. The third-order valence-corrected chi connectivity index (χ3v) is 4.33. The van der Waals surface area contributed by atoms with Gasteiger partial charge in [0.15, 0.2) is 5.11 Å². The van der Waals surface area contributed by atoms with Gasteiger partial charge < -0.3 is 10.2 Å². The molecule has 1 atom stereocenters. The minimum absolute atomic E-state index is 0.0367. The number of benzene rings is 1. The predicted molar refractivity (Wildman–Crippen MR) is 100 cm³/mol. The molecule has 26 heavy (non-hydrogen) atoms. The summed E-state index contributed by atoms with van der Waals surface area (Å²) in [6.07, 6.45) is 1.08. The molecule has 0 spiro atoms. The molecule has 8 heteroatoms. The molecule has 0 aliphatic carbocycles. The maximum absolute atomic E-state index is 12.9. The lowest BCUT2D eigenvalue weighted by atomic mass is 10.00. The second-order valence-electron chi connectivity index (χ2n) is 6.11. The molecule has 1 saturated heterocycles. The van der Waals surface area contributed by atoms with Crippen molar-refractivity contribution in [1.82, 2.24) is 10.2 Å². The van der Waals surface area contributed by atoms with E-state index in [0.29, 0.717) is 5.69 Å². The van der Waals surface area contributed by atoms with Gasteiger partial charge in [-0.05, 0) is 55.4 Å². The Morgan fingerprint density at radius 3 is 2.50 bits per heavy atom.